The predicted octanol–water partition coefficient (Wildman–Crippen LogP) is 3.81. The normalized spacial score (nSPS) is 12.9. The molecule has 30 heavy (non-hydrogen) atoms. The molecule has 0 saturated carbocycles. The number of carbonyl (C=O) groups excluding carboxylic acids is 1. The van der Waals surface area contributed by atoms with Crippen molar-refractivity contribution in [1.29, 1.82) is 0 Å². The number of ether oxygens (including phenoxy) is 1. The van der Waals surface area contributed by atoms with Gasteiger partial charge in [0.05, 0.1) is 0 Å². The van der Waals surface area contributed by atoms with Crippen LogP contribution in [0.2, 0.25) is 0 Å². The van der Waals surface area contributed by atoms with E-state index in [1.165, 1.54) is 28.5 Å². The number of carbonyl (C=O) groups is 3. The van der Waals surface area contributed by atoms with Gasteiger partial charge in [-0.15, -0.1) is 0 Å². The number of carboxylic acids is 2. The molecule has 0 fully saturated rings. The highest BCUT2D eigenvalue weighted by atomic mass is 32.2. The highest BCUT2D eigenvalue weighted by Gasteiger charge is 2.19. The Morgan fingerprint density at radius 1 is 0.933 bits per heavy atom. The number of amides is 1. The second kappa shape index (κ2) is 16.7. The second-order valence-electron chi connectivity index (χ2n) is 7.34. The van der Waals surface area contributed by atoms with Crippen molar-refractivity contribution in [3.63, 3.8) is 0 Å². The maximum Gasteiger partial charge on any atom is 0.329 e. The molecule has 1 atom stereocenters. The summed E-state index contributed by atoms with van der Waals surface area (Å²) in [6, 6.07) is -1.05. The first-order valence-electron chi connectivity index (χ1n) is 9.95. The minimum atomic E-state index is -1.19. The Bertz CT molecular complexity index is 650. The fraction of sp³-hybridized carbons (Fsp3) is 0.591. The van der Waals surface area contributed by atoms with Crippen LogP contribution >= 0.6 is 11.8 Å². The van der Waals surface area contributed by atoms with Gasteiger partial charge in [0.25, 0.3) is 0 Å². The van der Waals surface area contributed by atoms with Crippen molar-refractivity contribution in [2.75, 3.05) is 24.7 Å². The van der Waals surface area contributed by atoms with Gasteiger partial charge in [0.2, 0.25) is 5.91 Å². The Balaban J connectivity index is 4.19. The maximum atomic E-state index is 11.6. The third-order valence-corrected chi connectivity index (χ3v) is 5.02. The molecule has 0 spiro atoms. The molecule has 0 aliphatic heterocycles. The van der Waals surface area contributed by atoms with Crippen LogP contribution in [0.15, 0.2) is 34.9 Å². The van der Waals surface area contributed by atoms with Crippen LogP contribution in [-0.4, -0.2) is 58.8 Å². The van der Waals surface area contributed by atoms with Gasteiger partial charge in [-0.25, -0.2) is 9.59 Å². The molecule has 1 unspecified atom stereocenters. The minimum Gasteiger partial charge on any atom is -0.480 e. The molecule has 170 valence electrons. The van der Waals surface area contributed by atoms with Crippen LogP contribution < -0.4 is 5.32 Å². The summed E-state index contributed by atoms with van der Waals surface area (Å²) in [4.78, 5) is 33.2. The monoisotopic (exact) mass is 441 g/mol. The molecule has 3 N–H and O–H groups in total. The molecule has 0 aliphatic rings. The molecule has 7 nitrogen and oxygen atoms in total. The van der Waals surface area contributed by atoms with E-state index in [4.69, 9.17) is 5.11 Å². The number of allylic oxidation sites excluding steroid dienone is 5. The third kappa shape index (κ3) is 16.9. The molecular formula is C22H35NO6S. The van der Waals surface area contributed by atoms with Crippen molar-refractivity contribution >= 4 is 29.6 Å². The second-order valence-corrected chi connectivity index (χ2v) is 8.42. The van der Waals surface area contributed by atoms with Crippen LogP contribution in [0.4, 0.5) is 0 Å². The van der Waals surface area contributed by atoms with Crippen LogP contribution in [-0.2, 0) is 19.1 Å². The van der Waals surface area contributed by atoms with E-state index in [2.05, 4.69) is 56.0 Å². The lowest BCUT2D eigenvalue weighted by molar-refractivity contribution is -0.145. The molecule has 0 aromatic carbocycles. The molecule has 0 bridgehead atoms. The van der Waals surface area contributed by atoms with Gasteiger partial charge in [0.1, 0.15) is 19.3 Å². The molecule has 0 aromatic heterocycles. The fourth-order valence-electron chi connectivity index (χ4n) is 2.37. The van der Waals surface area contributed by atoms with Gasteiger partial charge in [0, 0.05) is 11.5 Å². The summed E-state index contributed by atoms with van der Waals surface area (Å²) in [5, 5.41) is 20.0. The Kier molecular flexibility index (Phi) is 15.6. The lowest BCUT2D eigenvalue weighted by Crippen LogP contribution is -2.44. The number of hydrogen-bond acceptors (Lipinski definition) is 5. The zero-order chi connectivity index (χ0) is 22.9. The number of carboxylic acid groups (broad SMARTS) is 2. The Labute approximate surface area is 183 Å². The van der Waals surface area contributed by atoms with Gasteiger partial charge in [-0.3, -0.25) is 4.79 Å². The smallest absolute Gasteiger partial charge is 0.329 e. The lowest BCUT2D eigenvalue weighted by Gasteiger charge is -2.13. The van der Waals surface area contributed by atoms with Crippen molar-refractivity contribution < 1.29 is 29.3 Å². The highest BCUT2D eigenvalue weighted by Crippen LogP contribution is 2.13. The van der Waals surface area contributed by atoms with Crippen LogP contribution in [0, 0.1) is 0 Å². The molecular weight excluding hydrogens is 406 g/mol. The van der Waals surface area contributed by atoms with E-state index in [0.717, 1.165) is 25.7 Å². The summed E-state index contributed by atoms with van der Waals surface area (Å²) in [5.74, 6) is -2.10. The number of aliphatic carboxylic acids is 2. The summed E-state index contributed by atoms with van der Waals surface area (Å²) < 4.78 is 4.65. The Hall–Kier alpha value is -2.06. The summed E-state index contributed by atoms with van der Waals surface area (Å²) in [6.45, 7) is 7.34. The van der Waals surface area contributed by atoms with Crippen LogP contribution in [0.1, 0.15) is 53.4 Å². The molecule has 8 heteroatoms. The summed E-state index contributed by atoms with van der Waals surface area (Å²) in [6.07, 6.45) is 10.7. The van der Waals surface area contributed by atoms with E-state index >= 15 is 0 Å². The largest absolute Gasteiger partial charge is 0.480 e. The van der Waals surface area contributed by atoms with E-state index in [9.17, 15) is 19.5 Å². The van der Waals surface area contributed by atoms with Crippen molar-refractivity contribution in [3.05, 3.63) is 34.9 Å². The molecule has 0 radical (unpaired) electrons. The number of nitrogens with one attached hydrogen (secondary N) is 1. The van der Waals surface area contributed by atoms with Gasteiger partial charge >= 0.3 is 11.9 Å². The molecule has 1 amide bonds. The summed E-state index contributed by atoms with van der Waals surface area (Å²) in [5.41, 5.74) is 3.98. The topological polar surface area (TPSA) is 113 Å². The molecule has 0 rings (SSSR count). The van der Waals surface area contributed by atoms with Crippen LogP contribution in [0.3, 0.4) is 0 Å². The van der Waals surface area contributed by atoms with Crippen molar-refractivity contribution in [3.8, 4) is 0 Å². The van der Waals surface area contributed by atoms with Crippen molar-refractivity contribution in [2.24, 2.45) is 0 Å². The SMILES string of the molecule is CC(C)=CCC/C(C)=C/CC/C(C)=C/CSCC(NC(=O)COCC(=O)O)C(=O)O. The summed E-state index contributed by atoms with van der Waals surface area (Å²) in [7, 11) is 0. The van der Waals surface area contributed by atoms with Gasteiger partial charge in [0.15, 0.2) is 0 Å². The average Bonchev–Trinajstić information content (AvgIpc) is 2.63. The first kappa shape index (κ1) is 27.9. The van der Waals surface area contributed by atoms with Crippen LogP contribution in [0.5, 0.6) is 0 Å². The first-order valence-corrected chi connectivity index (χ1v) is 11.1. The van der Waals surface area contributed by atoms with Gasteiger partial charge < -0.3 is 20.3 Å². The molecule has 0 aromatic rings. The minimum absolute atomic E-state index is 0.215. The van der Waals surface area contributed by atoms with Gasteiger partial charge in [-0.05, 0) is 53.4 Å². The van der Waals surface area contributed by atoms with Crippen molar-refractivity contribution in [2.45, 2.75) is 59.4 Å². The van der Waals surface area contributed by atoms with E-state index in [1.807, 2.05) is 0 Å². The fourth-order valence-corrected chi connectivity index (χ4v) is 3.37. The van der Waals surface area contributed by atoms with Crippen molar-refractivity contribution in [1.82, 2.24) is 5.32 Å². The van der Waals surface area contributed by atoms with E-state index in [1.54, 1.807) is 0 Å². The zero-order valence-electron chi connectivity index (χ0n) is 18.4. The number of rotatable bonds is 16. The molecule has 0 aliphatic carbocycles. The lowest BCUT2D eigenvalue weighted by atomic mass is 10.1. The van der Waals surface area contributed by atoms with Gasteiger partial charge in [-0.1, -0.05) is 34.9 Å². The first-order chi connectivity index (χ1) is 14.1. The number of thioether (sulfide) groups is 1. The number of hydrogen-bond donors (Lipinski definition) is 3. The van der Waals surface area contributed by atoms with E-state index < -0.39 is 37.1 Å². The average molecular weight is 442 g/mol. The maximum absolute atomic E-state index is 11.6. The third-order valence-electron chi connectivity index (χ3n) is 4.05. The standard InChI is InChI=1S/C22H35NO6S/c1-16(2)7-5-8-17(3)9-6-10-18(4)11-12-30-15-19(22(27)28)23-20(24)13-29-14-21(25)26/h7,9,11,19H,5-6,8,10,12-15H2,1-4H3,(H,23,24)(H,25,26)(H,27,28)/b17-9+,18-11+. The van der Waals surface area contributed by atoms with E-state index in [0.29, 0.717) is 5.75 Å². The van der Waals surface area contributed by atoms with Gasteiger partial charge in [-0.2, -0.15) is 11.8 Å². The molecule has 0 saturated heterocycles. The predicted molar refractivity (Wildman–Crippen MR) is 121 cm³/mol. The Morgan fingerprint density at radius 3 is 2.10 bits per heavy atom. The zero-order valence-corrected chi connectivity index (χ0v) is 19.2. The highest BCUT2D eigenvalue weighted by molar-refractivity contribution is 7.99. The Morgan fingerprint density at radius 2 is 1.53 bits per heavy atom. The molecule has 0 heterocycles. The quantitative estimate of drug-likeness (QED) is 0.247. The van der Waals surface area contributed by atoms with E-state index in [-0.39, 0.29) is 5.75 Å². The van der Waals surface area contributed by atoms with Crippen LogP contribution in [0.25, 0.3) is 0 Å². The summed E-state index contributed by atoms with van der Waals surface area (Å²) >= 11 is 1.41.